The van der Waals surface area contributed by atoms with Crippen LogP contribution in [0.1, 0.15) is 5.56 Å². The van der Waals surface area contributed by atoms with Crippen molar-refractivity contribution in [2.24, 2.45) is 5.73 Å². The van der Waals surface area contributed by atoms with E-state index in [1.54, 1.807) is 35.6 Å². The summed E-state index contributed by atoms with van der Waals surface area (Å²) in [5.41, 5.74) is 8.94. The fourth-order valence-electron chi connectivity index (χ4n) is 2.17. The number of hydrogen-bond acceptors (Lipinski definition) is 5. The lowest BCUT2D eigenvalue weighted by molar-refractivity contribution is 0.374. The molecule has 0 spiro atoms. The molecule has 6 nitrogen and oxygen atoms in total. The standard InChI is InChI=1S/C15H16FN5OS/c1-22-14-4-2-3-13(16)12(14)5-6-20-7-8-21(19-15(18)23)10-11(20)9-17/h2-4,7-8,10H,5-6H2,1H3,(H3,18,19,23). The van der Waals surface area contributed by atoms with Crippen LogP contribution in [0.25, 0.3) is 0 Å². The first-order valence-electron chi connectivity index (χ1n) is 6.78. The SMILES string of the molecule is COc1cccc(F)c1CCN1C=CN(NC(N)=S)C=C1C#N. The van der Waals surface area contributed by atoms with Gasteiger partial charge in [0.1, 0.15) is 23.3 Å². The maximum atomic E-state index is 13.9. The van der Waals surface area contributed by atoms with E-state index < -0.39 is 0 Å². The van der Waals surface area contributed by atoms with Crippen LogP contribution in [0.15, 0.2) is 42.5 Å². The molecule has 2 rings (SSSR count). The van der Waals surface area contributed by atoms with Crippen molar-refractivity contribution < 1.29 is 9.13 Å². The predicted molar refractivity (Wildman–Crippen MR) is 88.0 cm³/mol. The molecule has 0 aromatic heterocycles. The number of hydrogen-bond donors (Lipinski definition) is 2. The molecule has 0 aliphatic carbocycles. The second-order valence-electron chi connectivity index (χ2n) is 4.67. The van der Waals surface area contributed by atoms with Gasteiger partial charge in [0, 0.05) is 24.5 Å². The molecular formula is C15H16FN5OS. The van der Waals surface area contributed by atoms with Gasteiger partial charge < -0.3 is 15.4 Å². The lowest BCUT2D eigenvalue weighted by Crippen LogP contribution is -2.41. The maximum Gasteiger partial charge on any atom is 0.183 e. The van der Waals surface area contributed by atoms with E-state index >= 15 is 0 Å². The molecule has 23 heavy (non-hydrogen) atoms. The molecule has 0 saturated carbocycles. The van der Waals surface area contributed by atoms with E-state index in [0.29, 0.717) is 30.0 Å². The molecule has 0 amide bonds. The van der Waals surface area contributed by atoms with Gasteiger partial charge in [-0.3, -0.25) is 10.4 Å². The van der Waals surface area contributed by atoms with Gasteiger partial charge in [0.2, 0.25) is 0 Å². The highest BCUT2D eigenvalue weighted by atomic mass is 32.1. The van der Waals surface area contributed by atoms with Crippen LogP contribution in [0.2, 0.25) is 0 Å². The first-order valence-corrected chi connectivity index (χ1v) is 7.18. The van der Waals surface area contributed by atoms with E-state index in [4.69, 9.17) is 22.7 Å². The third-order valence-electron chi connectivity index (χ3n) is 3.23. The number of benzene rings is 1. The first kappa shape index (κ1) is 16.6. The Hall–Kier alpha value is -2.79. The van der Waals surface area contributed by atoms with Crippen molar-refractivity contribution in [1.29, 1.82) is 5.26 Å². The molecule has 0 fully saturated rings. The zero-order valence-corrected chi connectivity index (χ0v) is 13.3. The van der Waals surface area contributed by atoms with E-state index in [9.17, 15) is 9.65 Å². The Kier molecular flexibility index (Phi) is 5.38. The molecule has 1 aliphatic heterocycles. The summed E-state index contributed by atoms with van der Waals surface area (Å²) in [6, 6.07) is 6.77. The lowest BCUT2D eigenvalue weighted by Gasteiger charge is -2.28. The highest BCUT2D eigenvalue weighted by molar-refractivity contribution is 7.80. The van der Waals surface area contributed by atoms with Gasteiger partial charge in [-0.05, 0) is 30.8 Å². The van der Waals surface area contributed by atoms with Gasteiger partial charge >= 0.3 is 0 Å². The molecule has 3 N–H and O–H groups in total. The monoisotopic (exact) mass is 333 g/mol. The van der Waals surface area contributed by atoms with Gasteiger partial charge in [-0.25, -0.2) is 4.39 Å². The molecule has 1 heterocycles. The highest BCUT2D eigenvalue weighted by Gasteiger charge is 2.16. The summed E-state index contributed by atoms with van der Waals surface area (Å²) in [6.07, 6.45) is 5.30. The number of methoxy groups -OCH3 is 1. The average Bonchev–Trinajstić information content (AvgIpc) is 2.53. The number of nitrogens with two attached hydrogens (primary N) is 1. The molecule has 1 aromatic carbocycles. The molecule has 1 aromatic rings. The Morgan fingerprint density at radius 3 is 2.91 bits per heavy atom. The van der Waals surface area contributed by atoms with Crippen LogP contribution in [0.3, 0.4) is 0 Å². The number of ether oxygens (including phenoxy) is 1. The molecule has 0 bridgehead atoms. The van der Waals surface area contributed by atoms with Crippen LogP contribution in [0, 0.1) is 17.1 Å². The molecule has 0 radical (unpaired) electrons. The van der Waals surface area contributed by atoms with Crippen LogP contribution < -0.4 is 15.9 Å². The fourth-order valence-corrected chi connectivity index (χ4v) is 2.28. The van der Waals surface area contributed by atoms with Gasteiger partial charge in [-0.2, -0.15) is 5.26 Å². The highest BCUT2D eigenvalue weighted by Crippen LogP contribution is 2.23. The second-order valence-corrected chi connectivity index (χ2v) is 5.11. The first-order chi connectivity index (χ1) is 11.0. The Bertz CT molecular complexity index is 698. The summed E-state index contributed by atoms with van der Waals surface area (Å²) in [5.74, 6) is 0.162. The zero-order valence-electron chi connectivity index (χ0n) is 12.5. The number of nitrogens with one attached hydrogen (secondary N) is 1. The average molecular weight is 333 g/mol. The molecule has 0 saturated heterocycles. The number of hydrazine groups is 1. The molecular weight excluding hydrogens is 317 g/mol. The lowest BCUT2D eigenvalue weighted by atomic mass is 10.1. The van der Waals surface area contributed by atoms with E-state index in [2.05, 4.69) is 11.5 Å². The number of rotatable bonds is 5. The Labute approximate surface area is 139 Å². The minimum absolute atomic E-state index is 0.0905. The third kappa shape index (κ3) is 4.11. The van der Waals surface area contributed by atoms with Crippen molar-refractivity contribution >= 4 is 17.3 Å². The molecule has 0 atom stereocenters. The summed E-state index contributed by atoms with van der Waals surface area (Å²) in [4.78, 5) is 1.71. The molecule has 8 heteroatoms. The Balaban J connectivity index is 2.09. The van der Waals surface area contributed by atoms with E-state index in [1.807, 2.05) is 0 Å². The quantitative estimate of drug-likeness (QED) is 0.792. The number of halogens is 1. The largest absolute Gasteiger partial charge is 0.496 e. The number of nitrogens with zero attached hydrogens (tertiary/aromatic N) is 3. The minimum Gasteiger partial charge on any atom is -0.496 e. The summed E-state index contributed by atoms with van der Waals surface area (Å²) >= 11 is 4.75. The summed E-state index contributed by atoms with van der Waals surface area (Å²) < 4.78 is 19.1. The van der Waals surface area contributed by atoms with E-state index in [1.165, 1.54) is 18.2 Å². The fraction of sp³-hybridized carbons (Fsp3) is 0.200. The number of nitriles is 1. The van der Waals surface area contributed by atoms with Crippen LogP contribution >= 0.6 is 12.2 Å². The topological polar surface area (TPSA) is 77.6 Å². The van der Waals surface area contributed by atoms with Crippen molar-refractivity contribution in [1.82, 2.24) is 15.3 Å². The van der Waals surface area contributed by atoms with Crippen molar-refractivity contribution in [3.63, 3.8) is 0 Å². The predicted octanol–water partition coefficient (Wildman–Crippen LogP) is 1.58. The summed E-state index contributed by atoms with van der Waals surface area (Å²) in [6.45, 7) is 0.425. The van der Waals surface area contributed by atoms with Gasteiger partial charge in [-0.15, -0.1) is 0 Å². The minimum atomic E-state index is -0.329. The molecule has 0 unspecified atom stereocenters. The Morgan fingerprint density at radius 1 is 1.48 bits per heavy atom. The number of allylic oxidation sites excluding steroid dienone is 1. The van der Waals surface area contributed by atoms with Gasteiger partial charge in [0.15, 0.2) is 5.11 Å². The molecule has 1 aliphatic rings. The third-order valence-corrected chi connectivity index (χ3v) is 3.32. The summed E-state index contributed by atoms with van der Waals surface area (Å²) in [7, 11) is 1.50. The van der Waals surface area contributed by atoms with Crippen molar-refractivity contribution in [3.8, 4) is 11.8 Å². The van der Waals surface area contributed by atoms with Crippen LogP contribution in [0.5, 0.6) is 5.75 Å². The summed E-state index contributed by atoms with van der Waals surface area (Å²) in [5, 5.41) is 10.8. The maximum absolute atomic E-state index is 13.9. The van der Waals surface area contributed by atoms with Crippen LogP contribution in [-0.4, -0.2) is 28.7 Å². The molecule has 120 valence electrons. The van der Waals surface area contributed by atoms with Crippen molar-refractivity contribution in [3.05, 3.63) is 53.9 Å². The van der Waals surface area contributed by atoms with Crippen LogP contribution in [-0.2, 0) is 6.42 Å². The number of thiocarbonyl (C=S) groups is 1. The van der Waals surface area contributed by atoms with E-state index in [0.717, 1.165) is 0 Å². The smallest absolute Gasteiger partial charge is 0.183 e. The van der Waals surface area contributed by atoms with E-state index in [-0.39, 0.29) is 10.9 Å². The van der Waals surface area contributed by atoms with Crippen molar-refractivity contribution in [2.75, 3.05) is 13.7 Å². The van der Waals surface area contributed by atoms with Gasteiger partial charge in [0.05, 0.1) is 13.3 Å². The van der Waals surface area contributed by atoms with Crippen LogP contribution in [0.4, 0.5) is 4.39 Å². The zero-order chi connectivity index (χ0) is 16.8. The van der Waals surface area contributed by atoms with Gasteiger partial charge in [-0.1, -0.05) is 6.07 Å². The Morgan fingerprint density at radius 2 is 2.26 bits per heavy atom. The second kappa shape index (κ2) is 7.47. The van der Waals surface area contributed by atoms with Gasteiger partial charge in [0.25, 0.3) is 0 Å². The normalized spacial score (nSPS) is 13.3. The van der Waals surface area contributed by atoms with Crippen molar-refractivity contribution in [2.45, 2.75) is 6.42 Å².